The Morgan fingerprint density at radius 3 is 2.50 bits per heavy atom. The Balaban J connectivity index is 3.08. The maximum atomic E-state index is 11.8. The Kier molecular flexibility index (Phi) is 6.44. The van der Waals surface area contributed by atoms with Crippen LogP contribution in [0.25, 0.3) is 6.08 Å². The van der Waals surface area contributed by atoms with Crippen molar-refractivity contribution in [3.63, 3.8) is 0 Å². The molecule has 0 aliphatic carbocycles. The second-order valence-electron chi connectivity index (χ2n) is 5.34. The number of rotatable bonds is 3. The van der Waals surface area contributed by atoms with E-state index in [1.807, 2.05) is 0 Å². The summed E-state index contributed by atoms with van der Waals surface area (Å²) in [6, 6.07) is 5.14. The van der Waals surface area contributed by atoms with Gasteiger partial charge in [-0.2, -0.15) is 0 Å². The molecule has 0 saturated heterocycles. The minimum absolute atomic E-state index is 0.0725. The van der Waals surface area contributed by atoms with Gasteiger partial charge in [-0.05, 0) is 50.6 Å². The van der Waals surface area contributed by atoms with Crippen LogP contribution in [0, 0.1) is 0 Å². The van der Waals surface area contributed by atoms with Gasteiger partial charge in [0.25, 0.3) is 0 Å². The number of nitrogens with one attached hydrogen (secondary N) is 1. The van der Waals surface area contributed by atoms with E-state index in [4.69, 9.17) is 16.3 Å². The Bertz CT molecular complexity index is 608. The molecule has 0 spiro atoms. The number of esters is 1. The zero-order chi connectivity index (χ0) is 16.9. The van der Waals surface area contributed by atoms with Crippen LogP contribution in [0.2, 0.25) is 5.02 Å². The largest absolute Gasteiger partial charge is 0.464 e. The highest BCUT2D eigenvalue weighted by molar-refractivity contribution is 9.10. The lowest BCUT2D eigenvalue weighted by atomic mass is 10.2. The fraction of sp³-hybridized carbons (Fsp3) is 0.333. The lowest BCUT2D eigenvalue weighted by Crippen LogP contribution is -2.34. The van der Waals surface area contributed by atoms with Crippen LogP contribution < -0.4 is 5.32 Å². The van der Waals surface area contributed by atoms with E-state index < -0.39 is 17.7 Å². The van der Waals surface area contributed by atoms with Crippen molar-refractivity contribution in [1.82, 2.24) is 5.32 Å². The number of hydrogen-bond acceptors (Lipinski definition) is 4. The molecule has 1 aromatic rings. The van der Waals surface area contributed by atoms with Gasteiger partial charge in [0.05, 0.1) is 7.11 Å². The van der Waals surface area contributed by atoms with Crippen molar-refractivity contribution < 1.29 is 19.1 Å². The summed E-state index contributed by atoms with van der Waals surface area (Å²) in [5, 5.41) is 2.80. The number of ether oxygens (including phenoxy) is 2. The number of halogens is 2. The second kappa shape index (κ2) is 7.65. The first kappa shape index (κ1) is 18.5. The van der Waals surface area contributed by atoms with Crippen LogP contribution in [0.5, 0.6) is 0 Å². The van der Waals surface area contributed by atoms with Crippen LogP contribution in [-0.4, -0.2) is 24.8 Å². The summed E-state index contributed by atoms with van der Waals surface area (Å²) in [4.78, 5) is 23.6. The smallest absolute Gasteiger partial charge is 0.412 e. The van der Waals surface area contributed by atoms with E-state index in [1.165, 1.54) is 13.2 Å². The van der Waals surface area contributed by atoms with Gasteiger partial charge in [0.1, 0.15) is 11.3 Å². The van der Waals surface area contributed by atoms with Gasteiger partial charge in [-0.15, -0.1) is 0 Å². The number of alkyl carbamates (subject to hydrolysis) is 1. The average molecular weight is 391 g/mol. The van der Waals surface area contributed by atoms with Crippen molar-refractivity contribution in [1.29, 1.82) is 0 Å². The first-order valence-corrected chi connectivity index (χ1v) is 7.54. The van der Waals surface area contributed by atoms with Crippen LogP contribution in [-0.2, 0) is 14.3 Å². The quantitative estimate of drug-likeness (QED) is 0.622. The van der Waals surface area contributed by atoms with Gasteiger partial charge >= 0.3 is 12.1 Å². The molecule has 120 valence electrons. The van der Waals surface area contributed by atoms with E-state index in [1.54, 1.807) is 39.0 Å². The molecule has 1 amide bonds. The molecule has 0 bridgehead atoms. The first-order valence-electron chi connectivity index (χ1n) is 6.37. The molecule has 7 heteroatoms. The predicted molar refractivity (Wildman–Crippen MR) is 88.5 cm³/mol. The topological polar surface area (TPSA) is 64.6 Å². The van der Waals surface area contributed by atoms with Crippen molar-refractivity contribution in [3.8, 4) is 0 Å². The minimum atomic E-state index is -0.754. The summed E-state index contributed by atoms with van der Waals surface area (Å²) in [6.07, 6.45) is 0.665. The lowest BCUT2D eigenvalue weighted by molar-refractivity contribution is -0.136. The molecule has 0 atom stereocenters. The third kappa shape index (κ3) is 6.07. The zero-order valence-electron chi connectivity index (χ0n) is 12.7. The highest BCUT2D eigenvalue weighted by Crippen LogP contribution is 2.23. The molecule has 0 aliphatic rings. The monoisotopic (exact) mass is 389 g/mol. The first-order chi connectivity index (χ1) is 10.1. The molecule has 0 aromatic heterocycles. The summed E-state index contributed by atoms with van der Waals surface area (Å²) < 4.78 is 10.5. The van der Waals surface area contributed by atoms with E-state index in [0.29, 0.717) is 10.6 Å². The molecule has 0 radical (unpaired) electrons. The summed E-state index contributed by atoms with van der Waals surface area (Å²) in [5.41, 5.74) is -0.206. The highest BCUT2D eigenvalue weighted by atomic mass is 79.9. The van der Waals surface area contributed by atoms with Crippen LogP contribution in [0.3, 0.4) is 0 Å². The third-order valence-electron chi connectivity index (χ3n) is 2.30. The second-order valence-corrected chi connectivity index (χ2v) is 6.67. The third-order valence-corrected chi connectivity index (χ3v) is 3.14. The zero-order valence-corrected chi connectivity index (χ0v) is 15.0. The van der Waals surface area contributed by atoms with Crippen LogP contribution in [0.15, 0.2) is 28.4 Å². The highest BCUT2D eigenvalue weighted by Gasteiger charge is 2.20. The summed E-state index contributed by atoms with van der Waals surface area (Å²) in [7, 11) is 1.22. The Morgan fingerprint density at radius 2 is 1.95 bits per heavy atom. The van der Waals surface area contributed by atoms with E-state index in [0.717, 1.165) is 4.47 Å². The van der Waals surface area contributed by atoms with Gasteiger partial charge in [-0.3, -0.25) is 5.32 Å². The van der Waals surface area contributed by atoms with Gasteiger partial charge in [0.15, 0.2) is 0 Å². The molecule has 0 heterocycles. The Hall–Kier alpha value is -1.53. The van der Waals surface area contributed by atoms with E-state index in [2.05, 4.69) is 26.0 Å². The number of hydrogen-bond donors (Lipinski definition) is 1. The molecule has 1 N–H and O–H groups in total. The van der Waals surface area contributed by atoms with Crippen molar-refractivity contribution in [2.24, 2.45) is 0 Å². The number of methoxy groups -OCH3 is 1. The number of carbonyl (C=O) groups is 2. The van der Waals surface area contributed by atoms with Crippen LogP contribution >= 0.6 is 27.5 Å². The standard InChI is InChI=1S/C15H17BrClNO4/c1-15(2,3)22-14(20)18-12(13(19)21-4)8-9-7-10(16)5-6-11(9)17/h5-8H,1-4H3,(H,18,20)/b12-8-. The molecule has 1 aromatic carbocycles. The molecule has 1 rings (SSSR count). The molecule has 22 heavy (non-hydrogen) atoms. The Morgan fingerprint density at radius 1 is 1.32 bits per heavy atom. The summed E-state index contributed by atoms with van der Waals surface area (Å²) in [5.74, 6) is -0.707. The predicted octanol–water partition coefficient (Wildman–Crippen LogP) is 4.14. The number of amides is 1. The lowest BCUT2D eigenvalue weighted by Gasteiger charge is -2.20. The SMILES string of the molecule is COC(=O)/C(=C/c1cc(Br)ccc1Cl)NC(=O)OC(C)(C)C. The number of benzene rings is 1. The maximum Gasteiger partial charge on any atom is 0.412 e. The van der Waals surface area contributed by atoms with Gasteiger partial charge in [-0.1, -0.05) is 27.5 Å². The minimum Gasteiger partial charge on any atom is -0.464 e. The van der Waals surface area contributed by atoms with Crippen LogP contribution in [0.1, 0.15) is 26.3 Å². The maximum absolute atomic E-state index is 11.8. The fourth-order valence-corrected chi connectivity index (χ4v) is 2.00. The van der Waals surface area contributed by atoms with E-state index in [-0.39, 0.29) is 5.70 Å². The van der Waals surface area contributed by atoms with Crippen molar-refractivity contribution in [3.05, 3.63) is 39.0 Å². The van der Waals surface area contributed by atoms with Gasteiger partial charge < -0.3 is 9.47 Å². The molecule has 0 aliphatic heterocycles. The molecular formula is C15H17BrClNO4. The summed E-state index contributed by atoms with van der Waals surface area (Å²) in [6.45, 7) is 5.16. The van der Waals surface area contributed by atoms with Crippen molar-refractivity contribution in [2.45, 2.75) is 26.4 Å². The average Bonchev–Trinajstić information content (AvgIpc) is 2.39. The summed E-state index contributed by atoms with van der Waals surface area (Å²) >= 11 is 9.38. The normalized spacial score (nSPS) is 11.8. The van der Waals surface area contributed by atoms with Gasteiger partial charge in [0.2, 0.25) is 0 Å². The van der Waals surface area contributed by atoms with Crippen molar-refractivity contribution >= 4 is 45.7 Å². The molecule has 0 saturated carbocycles. The molecule has 5 nitrogen and oxygen atoms in total. The van der Waals surface area contributed by atoms with E-state index >= 15 is 0 Å². The number of carbonyl (C=O) groups excluding carboxylic acids is 2. The van der Waals surface area contributed by atoms with E-state index in [9.17, 15) is 9.59 Å². The Labute approximate surface area is 142 Å². The molecule has 0 unspecified atom stereocenters. The molecular weight excluding hydrogens is 374 g/mol. The van der Waals surface area contributed by atoms with Gasteiger partial charge in [-0.25, -0.2) is 9.59 Å². The molecule has 0 fully saturated rings. The van der Waals surface area contributed by atoms with Crippen LogP contribution in [0.4, 0.5) is 4.79 Å². The van der Waals surface area contributed by atoms with Gasteiger partial charge in [0, 0.05) is 9.50 Å². The fourth-order valence-electron chi connectivity index (χ4n) is 1.45. The van der Waals surface area contributed by atoms with Crippen molar-refractivity contribution in [2.75, 3.05) is 7.11 Å².